The van der Waals surface area contributed by atoms with Gasteiger partial charge < -0.3 is 10.5 Å². The minimum Gasteiger partial charge on any atom is -0.493 e. The predicted octanol–water partition coefficient (Wildman–Crippen LogP) is 1.99. The maximum Gasteiger partial charge on any atom is 0.122 e. The molecule has 92 valence electrons. The number of benzene rings is 1. The standard InChI is InChI=1S/C14H15N3O/c15-14(16)11-4-6-13(7-5-11)18-10-8-12-3-1-2-9-17-12/h1-7,9H,8,10H2,(H3,15,16). The summed E-state index contributed by atoms with van der Waals surface area (Å²) in [6, 6.07) is 13.0. The third-order valence-corrected chi connectivity index (χ3v) is 2.52. The van der Waals surface area contributed by atoms with Gasteiger partial charge in [0.05, 0.1) is 6.61 Å². The van der Waals surface area contributed by atoms with E-state index in [0.29, 0.717) is 12.2 Å². The van der Waals surface area contributed by atoms with E-state index in [4.69, 9.17) is 15.9 Å². The van der Waals surface area contributed by atoms with Crippen molar-refractivity contribution in [2.75, 3.05) is 6.61 Å². The zero-order chi connectivity index (χ0) is 12.8. The fourth-order valence-electron chi connectivity index (χ4n) is 1.55. The molecule has 2 aromatic rings. The Morgan fingerprint density at radius 2 is 1.94 bits per heavy atom. The normalized spacial score (nSPS) is 10.0. The van der Waals surface area contributed by atoms with Crippen molar-refractivity contribution in [1.82, 2.24) is 4.98 Å². The predicted molar refractivity (Wildman–Crippen MR) is 70.9 cm³/mol. The minimum atomic E-state index is 0.0648. The number of amidine groups is 1. The largest absolute Gasteiger partial charge is 0.493 e. The maximum atomic E-state index is 7.28. The van der Waals surface area contributed by atoms with Crippen molar-refractivity contribution < 1.29 is 4.74 Å². The number of pyridine rings is 1. The molecule has 4 heteroatoms. The molecule has 0 atom stereocenters. The molecule has 18 heavy (non-hydrogen) atoms. The number of ether oxygens (including phenoxy) is 1. The molecule has 1 aromatic heterocycles. The molecular formula is C14H15N3O. The number of nitrogens with two attached hydrogens (primary N) is 1. The Labute approximate surface area is 106 Å². The van der Waals surface area contributed by atoms with Crippen LogP contribution >= 0.6 is 0 Å². The average molecular weight is 241 g/mol. The van der Waals surface area contributed by atoms with E-state index in [2.05, 4.69) is 4.98 Å². The van der Waals surface area contributed by atoms with Gasteiger partial charge in [-0.3, -0.25) is 10.4 Å². The van der Waals surface area contributed by atoms with Crippen LogP contribution in [0.15, 0.2) is 48.7 Å². The molecule has 0 spiro atoms. The Balaban J connectivity index is 1.85. The first-order chi connectivity index (χ1) is 8.75. The Morgan fingerprint density at radius 3 is 2.56 bits per heavy atom. The molecular weight excluding hydrogens is 226 g/mol. The van der Waals surface area contributed by atoms with Crippen molar-refractivity contribution in [3.8, 4) is 5.75 Å². The molecule has 3 N–H and O–H groups in total. The van der Waals surface area contributed by atoms with E-state index in [-0.39, 0.29) is 5.84 Å². The van der Waals surface area contributed by atoms with Crippen LogP contribution in [0.2, 0.25) is 0 Å². The summed E-state index contributed by atoms with van der Waals surface area (Å²) >= 11 is 0. The lowest BCUT2D eigenvalue weighted by molar-refractivity contribution is 0.320. The Kier molecular flexibility index (Phi) is 3.91. The van der Waals surface area contributed by atoms with E-state index in [9.17, 15) is 0 Å². The van der Waals surface area contributed by atoms with Crippen LogP contribution in [0.4, 0.5) is 0 Å². The molecule has 1 aromatic carbocycles. The molecule has 0 aliphatic carbocycles. The molecule has 0 amide bonds. The van der Waals surface area contributed by atoms with Crippen molar-refractivity contribution in [3.05, 3.63) is 59.9 Å². The average Bonchev–Trinajstić information content (AvgIpc) is 2.40. The Bertz CT molecular complexity index is 508. The number of nitrogen functional groups attached to an aromatic ring is 1. The fourth-order valence-corrected chi connectivity index (χ4v) is 1.55. The van der Waals surface area contributed by atoms with Crippen molar-refractivity contribution in [1.29, 1.82) is 5.41 Å². The van der Waals surface area contributed by atoms with Crippen LogP contribution in [0.1, 0.15) is 11.3 Å². The lowest BCUT2D eigenvalue weighted by Crippen LogP contribution is -2.10. The van der Waals surface area contributed by atoms with Gasteiger partial charge in [0.2, 0.25) is 0 Å². The summed E-state index contributed by atoms with van der Waals surface area (Å²) in [6.07, 6.45) is 2.55. The molecule has 0 radical (unpaired) electrons. The van der Waals surface area contributed by atoms with Crippen molar-refractivity contribution in [2.24, 2.45) is 5.73 Å². The monoisotopic (exact) mass is 241 g/mol. The summed E-state index contributed by atoms with van der Waals surface area (Å²) in [4.78, 5) is 4.22. The molecule has 0 fully saturated rings. The second kappa shape index (κ2) is 5.82. The summed E-state index contributed by atoms with van der Waals surface area (Å²) in [7, 11) is 0. The van der Waals surface area contributed by atoms with E-state index in [1.165, 1.54) is 0 Å². The van der Waals surface area contributed by atoms with Crippen LogP contribution in [0.3, 0.4) is 0 Å². The summed E-state index contributed by atoms with van der Waals surface area (Å²) in [6.45, 7) is 0.580. The van der Waals surface area contributed by atoms with Gasteiger partial charge >= 0.3 is 0 Å². The second-order valence-corrected chi connectivity index (χ2v) is 3.86. The van der Waals surface area contributed by atoms with Gasteiger partial charge in [0.15, 0.2) is 0 Å². The highest BCUT2D eigenvalue weighted by atomic mass is 16.5. The van der Waals surface area contributed by atoms with Gasteiger partial charge in [-0.1, -0.05) is 6.07 Å². The summed E-state index contributed by atoms with van der Waals surface area (Å²) in [5, 5.41) is 7.28. The van der Waals surface area contributed by atoms with Crippen molar-refractivity contribution in [3.63, 3.8) is 0 Å². The van der Waals surface area contributed by atoms with Crippen LogP contribution in [0.25, 0.3) is 0 Å². The number of aromatic nitrogens is 1. The molecule has 0 bridgehead atoms. The molecule has 0 saturated carbocycles. The van der Waals surface area contributed by atoms with Crippen LogP contribution < -0.4 is 10.5 Å². The zero-order valence-corrected chi connectivity index (χ0v) is 9.97. The molecule has 4 nitrogen and oxygen atoms in total. The summed E-state index contributed by atoms with van der Waals surface area (Å²) < 4.78 is 5.59. The molecule has 0 aliphatic heterocycles. The molecule has 2 rings (SSSR count). The number of nitrogens with one attached hydrogen (secondary N) is 1. The van der Waals surface area contributed by atoms with Crippen molar-refractivity contribution >= 4 is 5.84 Å². The third kappa shape index (κ3) is 3.31. The van der Waals surface area contributed by atoms with E-state index >= 15 is 0 Å². The summed E-state index contributed by atoms with van der Waals surface area (Å²) in [5.41, 5.74) is 7.09. The number of nitrogens with zero attached hydrogens (tertiary/aromatic N) is 1. The molecule has 0 unspecified atom stereocenters. The van der Waals surface area contributed by atoms with Gasteiger partial charge in [-0.05, 0) is 36.4 Å². The van der Waals surface area contributed by atoms with E-state index in [1.807, 2.05) is 30.3 Å². The van der Waals surface area contributed by atoms with E-state index in [0.717, 1.165) is 17.9 Å². The number of rotatable bonds is 5. The van der Waals surface area contributed by atoms with Crippen molar-refractivity contribution in [2.45, 2.75) is 6.42 Å². The zero-order valence-electron chi connectivity index (χ0n) is 9.97. The first-order valence-electron chi connectivity index (χ1n) is 5.73. The number of hydrogen-bond acceptors (Lipinski definition) is 3. The van der Waals surface area contributed by atoms with Crippen LogP contribution in [0, 0.1) is 5.41 Å². The smallest absolute Gasteiger partial charge is 0.122 e. The Morgan fingerprint density at radius 1 is 1.17 bits per heavy atom. The minimum absolute atomic E-state index is 0.0648. The number of hydrogen-bond donors (Lipinski definition) is 2. The van der Waals surface area contributed by atoms with E-state index < -0.39 is 0 Å². The maximum absolute atomic E-state index is 7.28. The van der Waals surface area contributed by atoms with Crippen LogP contribution in [-0.2, 0) is 6.42 Å². The van der Waals surface area contributed by atoms with Gasteiger partial charge in [0.1, 0.15) is 11.6 Å². The third-order valence-electron chi connectivity index (χ3n) is 2.52. The lowest BCUT2D eigenvalue weighted by Gasteiger charge is -2.06. The fraction of sp³-hybridized carbons (Fsp3) is 0.143. The van der Waals surface area contributed by atoms with Gasteiger partial charge in [-0.25, -0.2) is 0 Å². The quantitative estimate of drug-likeness (QED) is 0.621. The van der Waals surface area contributed by atoms with Gasteiger partial charge in [0, 0.05) is 23.9 Å². The highest BCUT2D eigenvalue weighted by molar-refractivity contribution is 5.94. The SMILES string of the molecule is N=C(N)c1ccc(OCCc2ccccn2)cc1. The highest BCUT2D eigenvalue weighted by Crippen LogP contribution is 2.12. The van der Waals surface area contributed by atoms with E-state index in [1.54, 1.807) is 18.3 Å². The highest BCUT2D eigenvalue weighted by Gasteiger charge is 1.98. The first-order valence-corrected chi connectivity index (χ1v) is 5.73. The van der Waals surface area contributed by atoms with Gasteiger partial charge in [-0.2, -0.15) is 0 Å². The molecule has 1 heterocycles. The molecule has 0 saturated heterocycles. The second-order valence-electron chi connectivity index (χ2n) is 3.86. The first kappa shape index (κ1) is 12.1. The lowest BCUT2D eigenvalue weighted by atomic mass is 10.2. The van der Waals surface area contributed by atoms with Crippen LogP contribution in [-0.4, -0.2) is 17.4 Å². The van der Waals surface area contributed by atoms with Gasteiger partial charge in [0.25, 0.3) is 0 Å². The molecule has 0 aliphatic rings. The van der Waals surface area contributed by atoms with Crippen LogP contribution in [0.5, 0.6) is 5.75 Å². The van der Waals surface area contributed by atoms with Gasteiger partial charge in [-0.15, -0.1) is 0 Å². The Hall–Kier alpha value is -2.36. The topological polar surface area (TPSA) is 72.0 Å². The summed E-state index contributed by atoms with van der Waals surface area (Å²) in [5.74, 6) is 0.839.